The third kappa shape index (κ3) is 6.40. The van der Waals surface area contributed by atoms with Gasteiger partial charge in [0.2, 0.25) is 5.69 Å². The predicted molar refractivity (Wildman–Crippen MR) is 78.1 cm³/mol. The molecule has 0 saturated carbocycles. The smallest absolute Gasteiger partial charge is 0.258 e. The van der Waals surface area contributed by atoms with E-state index in [1.807, 2.05) is 77.1 Å². The fraction of sp³-hybridized carbons (Fsp3) is 0.267. The first-order valence-corrected chi connectivity index (χ1v) is 6.61. The molecule has 0 spiro atoms. The van der Waals surface area contributed by atoms with Gasteiger partial charge < -0.3 is 34.9 Å². The Hall–Kier alpha value is -1.89. The summed E-state index contributed by atoms with van der Waals surface area (Å²) in [5, 5.41) is 11.7. The van der Waals surface area contributed by atoms with Crippen molar-refractivity contribution in [2.75, 3.05) is 19.0 Å². The lowest BCUT2D eigenvalue weighted by Crippen LogP contribution is -3.00. The van der Waals surface area contributed by atoms with Crippen LogP contribution in [0.1, 0.15) is 5.69 Å². The molecule has 6 nitrogen and oxygen atoms in total. The molecule has 0 bridgehead atoms. The first-order valence-electron chi connectivity index (χ1n) is 6.61. The molecule has 0 aliphatic carbocycles. The first-order chi connectivity index (χ1) is 10.2. The summed E-state index contributed by atoms with van der Waals surface area (Å²) in [6.07, 6.45) is 7.23. The largest absolute Gasteiger partial charge is 1.00 e. The van der Waals surface area contributed by atoms with Gasteiger partial charge >= 0.3 is 0 Å². The van der Waals surface area contributed by atoms with Crippen molar-refractivity contribution in [3.8, 4) is 0 Å². The summed E-state index contributed by atoms with van der Waals surface area (Å²) in [6, 6.07) is 9.65. The molecular weight excluding hydrogens is 339 g/mol. The monoisotopic (exact) mass is 358 g/mol. The third-order valence-corrected chi connectivity index (χ3v) is 3.00. The third-order valence-electron chi connectivity index (χ3n) is 3.00. The molecule has 2 rings (SSSR count). The molecular formula is C15H20Cl2N4O2. The SMILES string of the molecule is CN(C)c1ccc[n+](COC[n+]2ccccc2/C=N\O)c1.[Cl-].[Cl-]. The van der Waals surface area contributed by atoms with Crippen LogP contribution in [0.4, 0.5) is 5.69 Å². The lowest BCUT2D eigenvalue weighted by atomic mass is 10.3. The van der Waals surface area contributed by atoms with E-state index in [0.717, 1.165) is 11.4 Å². The average molecular weight is 359 g/mol. The minimum atomic E-state index is 0. The number of hydrogen-bond acceptors (Lipinski definition) is 4. The molecule has 0 aromatic carbocycles. The molecule has 2 aromatic rings. The standard InChI is InChI=1S/C15H19N4O2.2ClH/c1-17(2)15-7-5-8-18(11-15)12-21-13-19-9-4-3-6-14(19)10-16-20;;/h3-11H,12-13H2,1-2H3;2*1H/q+1;;/p-1. The number of halogens is 2. The Morgan fingerprint density at radius 1 is 1.13 bits per heavy atom. The minimum absolute atomic E-state index is 0. The quantitative estimate of drug-likeness (QED) is 0.243. The van der Waals surface area contributed by atoms with Crippen molar-refractivity contribution in [1.29, 1.82) is 0 Å². The van der Waals surface area contributed by atoms with Crippen molar-refractivity contribution in [2.24, 2.45) is 5.16 Å². The summed E-state index contributed by atoms with van der Waals surface area (Å²) in [7, 11) is 4.00. The van der Waals surface area contributed by atoms with E-state index >= 15 is 0 Å². The summed E-state index contributed by atoms with van der Waals surface area (Å²) >= 11 is 0. The topological polar surface area (TPSA) is 52.8 Å². The summed E-state index contributed by atoms with van der Waals surface area (Å²) in [5.74, 6) is 0. The molecule has 0 fully saturated rings. The highest BCUT2D eigenvalue weighted by molar-refractivity contribution is 5.74. The van der Waals surface area contributed by atoms with Gasteiger partial charge in [-0.1, -0.05) is 5.16 Å². The van der Waals surface area contributed by atoms with Crippen molar-refractivity contribution in [3.63, 3.8) is 0 Å². The number of hydrogen-bond donors (Lipinski definition) is 1. The second-order valence-corrected chi connectivity index (χ2v) is 4.77. The van der Waals surface area contributed by atoms with Gasteiger partial charge in [-0.05, 0) is 12.1 Å². The van der Waals surface area contributed by atoms with E-state index in [-0.39, 0.29) is 24.8 Å². The van der Waals surface area contributed by atoms with Gasteiger partial charge in [0.1, 0.15) is 11.9 Å². The molecule has 0 unspecified atom stereocenters. The average Bonchev–Trinajstić information content (AvgIpc) is 2.49. The molecule has 0 radical (unpaired) electrons. The van der Waals surface area contributed by atoms with Crippen LogP contribution in [0.25, 0.3) is 0 Å². The van der Waals surface area contributed by atoms with Gasteiger partial charge in [-0.2, -0.15) is 9.13 Å². The molecule has 2 heterocycles. The van der Waals surface area contributed by atoms with E-state index in [4.69, 9.17) is 9.94 Å². The number of anilines is 1. The molecule has 2 aromatic heterocycles. The normalized spacial score (nSPS) is 10.0. The molecule has 0 saturated heterocycles. The zero-order chi connectivity index (χ0) is 15.1. The van der Waals surface area contributed by atoms with Crippen LogP contribution in [-0.2, 0) is 18.2 Å². The number of rotatable bonds is 6. The zero-order valence-electron chi connectivity index (χ0n) is 13.0. The number of pyridine rings is 2. The Labute approximate surface area is 148 Å². The summed E-state index contributed by atoms with van der Waals surface area (Å²) in [6.45, 7) is 0.820. The molecule has 8 heteroatoms. The van der Waals surface area contributed by atoms with E-state index in [1.54, 1.807) is 0 Å². The Bertz CT molecular complexity index is 624. The fourth-order valence-corrected chi connectivity index (χ4v) is 1.88. The Balaban J connectivity index is 0.00000242. The van der Waals surface area contributed by atoms with Gasteiger partial charge in [-0.3, -0.25) is 4.74 Å². The van der Waals surface area contributed by atoms with Crippen LogP contribution in [0.3, 0.4) is 0 Å². The Kier molecular flexibility index (Phi) is 9.89. The molecule has 23 heavy (non-hydrogen) atoms. The molecule has 0 amide bonds. The molecule has 126 valence electrons. The predicted octanol–water partition coefficient (Wildman–Crippen LogP) is -5.22. The van der Waals surface area contributed by atoms with Gasteiger partial charge in [0.25, 0.3) is 13.5 Å². The highest BCUT2D eigenvalue weighted by Crippen LogP contribution is 2.04. The van der Waals surface area contributed by atoms with Crippen LogP contribution in [0.15, 0.2) is 54.1 Å². The molecule has 0 atom stereocenters. The maximum atomic E-state index is 8.64. The van der Waals surface area contributed by atoms with E-state index in [2.05, 4.69) is 5.16 Å². The lowest BCUT2D eigenvalue weighted by molar-refractivity contribution is -0.788. The van der Waals surface area contributed by atoms with Gasteiger partial charge in [-0.15, -0.1) is 0 Å². The number of aromatic nitrogens is 2. The van der Waals surface area contributed by atoms with Crippen LogP contribution >= 0.6 is 0 Å². The molecule has 0 aliphatic heterocycles. The van der Waals surface area contributed by atoms with Gasteiger partial charge in [0, 0.05) is 32.3 Å². The number of oxime groups is 1. The van der Waals surface area contributed by atoms with Gasteiger partial charge in [0.15, 0.2) is 18.6 Å². The van der Waals surface area contributed by atoms with Crippen molar-refractivity contribution in [1.82, 2.24) is 0 Å². The van der Waals surface area contributed by atoms with Crippen LogP contribution in [0, 0.1) is 0 Å². The zero-order valence-corrected chi connectivity index (χ0v) is 14.5. The second-order valence-electron chi connectivity index (χ2n) is 4.77. The highest BCUT2D eigenvalue weighted by Gasteiger charge is 2.09. The van der Waals surface area contributed by atoms with Gasteiger partial charge in [0.05, 0.1) is 0 Å². The van der Waals surface area contributed by atoms with Gasteiger partial charge in [-0.25, -0.2) is 0 Å². The van der Waals surface area contributed by atoms with Crippen LogP contribution < -0.4 is 38.8 Å². The minimum Gasteiger partial charge on any atom is -1.00 e. The van der Waals surface area contributed by atoms with Crippen molar-refractivity contribution in [2.45, 2.75) is 13.5 Å². The van der Waals surface area contributed by atoms with Crippen molar-refractivity contribution >= 4 is 11.9 Å². The van der Waals surface area contributed by atoms with Crippen molar-refractivity contribution in [3.05, 3.63) is 54.6 Å². The highest BCUT2D eigenvalue weighted by atomic mass is 35.5. The van der Waals surface area contributed by atoms with E-state index in [9.17, 15) is 0 Å². The maximum absolute atomic E-state index is 8.64. The van der Waals surface area contributed by atoms with E-state index in [1.165, 1.54) is 6.21 Å². The van der Waals surface area contributed by atoms with Crippen LogP contribution in [-0.4, -0.2) is 25.5 Å². The van der Waals surface area contributed by atoms with E-state index < -0.39 is 0 Å². The fourth-order valence-electron chi connectivity index (χ4n) is 1.88. The summed E-state index contributed by atoms with van der Waals surface area (Å²) in [4.78, 5) is 2.04. The summed E-state index contributed by atoms with van der Waals surface area (Å²) in [5.41, 5.74) is 1.88. The summed E-state index contributed by atoms with van der Waals surface area (Å²) < 4.78 is 9.52. The Morgan fingerprint density at radius 3 is 2.61 bits per heavy atom. The van der Waals surface area contributed by atoms with Crippen LogP contribution in [0.2, 0.25) is 0 Å². The lowest BCUT2D eigenvalue weighted by Gasteiger charge is -2.09. The van der Waals surface area contributed by atoms with E-state index in [0.29, 0.717) is 13.5 Å². The second kappa shape index (κ2) is 10.8. The first kappa shape index (κ1) is 21.1. The molecule has 1 N–H and O–H groups in total. The van der Waals surface area contributed by atoms with Crippen LogP contribution in [0.5, 0.6) is 0 Å². The Morgan fingerprint density at radius 2 is 1.91 bits per heavy atom. The number of ether oxygens (including phenoxy) is 1. The maximum Gasteiger partial charge on any atom is 0.258 e. The number of nitrogens with zero attached hydrogens (tertiary/aromatic N) is 4. The van der Waals surface area contributed by atoms with Crippen molar-refractivity contribution < 1.29 is 43.9 Å². The molecule has 0 aliphatic rings.